The maximum Gasteiger partial charge on any atom is 0.305 e. The SMILES string of the molecule is C#[N+]C1(c2ccc3cnn(-c4cc(N5CC6(C(C)(C)O)CC5C6)ncn4)c3c2)CCC1. The molecule has 7 rings (SSSR count). The van der Waals surface area contributed by atoms with Crippen LogP contribution in [0.1, 0.15) is 51.5 Å². The molecule has 4 heterocycles. The summed E-state index contributed by atoms with van der Waals surface area (Å²) in [5.74, 6) is 1.64. The summed E-state index contributed by atoms with van der Waals surface area (Å²) in [5.41, 5.74) is 1.14. The monoisotopic (exact) mass is 415 g/mol. The number of fused-ring (bicyclic) bond motifs is 2. The summed E-state index contributed by atoms with van der Waals surface area (Å²) in [4.78, 5) is 15.6. The van der Waals surface area contributed by atoms with Gasteiger partial charge in [-0.05, 0) is 39.2 Å². The molecule has 0 amide bonds. The molecule has 1 aromatic carbocycles. The first-order valence-electron chi connectivity index (χ1n) is 11.1. The van der Waals surface area contributed by atoms with Crippen molar-refractivity contribution in [3.63, 3.8) is 0 Å². The van der Waals surface area contributed by atoms with E-state index in [1.807, 2.05) is 30.8 Å². The van der Waals surface area contributed by atoms with Gasteiger partial charge in [-0.25, -0.2) is 14.6 Å². The lowest BCUT2D eigenvalue weighted by molar-refractivity contribution is -0.0754. The van der Waals surface area contributed by atoms with Gasteiger partial charge in [0, 0.05) is 47.9 Å². The second-order valence-electron chi connectivity index (χ2n) is 10.1. The molecule has 2 aliphatic heterocycles. The van der Waals surface area contributed by atoms with Gasteiger partial charge in [0.2, 0.25) is 0 Å². The summed E-state index contributed by atoms with van der Waals surface area (Å²) in [5, 5.41) is 16.3. The van der Waals surface area contributed by atoms with E-state index in [4.69, 9.17) is 6.57 Å². The van der Waals surface area contributed by atoms with Gasteiger partial charge in [-0.15, -0.1) is 0 Å². The van der Waals surface area contributed by atoms with Crippen molar-refractivity contribution in [1.82, 2.24) is 19.7 Å². The summed E-state index contributed by atoms with van der Waals surface area (Å²) in [6.07, 6.45) is 8.61. The lowest BCUT2D eigenvalue weighted by Crippen LogP contribution is -2.50. The molecule has 2 bridgehead atoms. The van der Waals surface area contributed by atoms with E-state index in [0.717, 1.165) is 66.8 Å². The predicted octanol–water partition coefficient (Wildman–Crippen LogP) is 3.90. The van der Waals surface area contributed by atoms with Crippen molar-refractivity contribution in [2.75, 3.05) is 11.4 Å². The normalized spacial score (nSPS) is 26.4. The number of rotatable bonds is 4. The number of aromatic nitrogens is 4. The van der Waals surface area contributed by atoms with E-state index in [0.29, 0.717) is 6.04 Å². The number of benzene rings is 1. The topological polar surface area (TPSA) is 71.4 Å². The zero-order valence-corrected chi connectivity index (χ0v) is 18.0. The fourth-order valence-corrected chi connectivity index (χ4v) is 5.71. The van der Waals surface area contributed by atoms with Gasteiger partial charge >= 0.3 is 5.54 Å². The minimum absolute atomic E-state index is 0.0428. The smallest absolute Gasteiger partial charge is 0.305 e. The van der Waals surface area contributed by atoms with E-state index in [1.165, 1.54) is 0 Å². The molecule has 1 N–H and O–H groups in total. The standard InChI is InChI=1S/C24H27N6O/c1-22(2,31)23-11-18(12-23)29(14-23)20-10-21(27-15-26-20)30-19-9-17(6-5-16(19)13-28-30)24(25-3)7-4-8-24/h3,5-6,9-10,13,15,18,31H,4,7-8,11-12,14H2,1-2H3/q+1. The minimum atomic E-state index is -0.686. The number of anilines is 1. The zero-order chi connectivity index (χ0) is 21.4. The van der Waals surface area contributed by atoms with Crippen LogP contribution in [0.15, 0.2) is 36.8 Å². The lowest BCUT2D eigenvalue weighted by atomic mass is 9.61. The Balaban J connectivity index is 1.37. The Hall–Kier alpha value is -2.98. The first-order chi connectivity index (χ1) is 14.8. The highest BCUT2D eigenvalue weighted by atomic mass is 16.3. The Kier molecular flexibility index (Phi) is 3.66. The van der Waals surface area contributed by atoms with Gasteiger partial charge < -0.3 is 10.0 Å². The number of hydrogen-bond acceptors (Lipinski definition) is 5. The minimum Gasteiger partial charge on any atom is -0.390 e. The number of nitrogens with zero attached hydrogens (tertiary/aromatic N) is 6. The molecule has 0 spiro atoms. The van der Waals surface area contributed by atoms with Crippen LogP contribution in [-0.2, 0) is 5.54 Å². The van der Waals surface area contributed by atoms with Crippen LogP contribution in [0.4, 0.5) is 5.82 Å². The third kappa shape index (κ3) is 2.51. The van der Waals surface area contributed by atoms with Gasteiger partial charge in [-0.2, -0.15) is 5.10 Å². The van der Waals surface area contributed by atoms with Crippen LogP contribution in [0, 0.1) is 12.0 Å². The van der Waals surface area contributed by atoms with Gasteiger partial charge in [0.15, 0.2) is 5.82 Å². The van der Waals surface area contributed by atoms with Crippen molar-refractivity contribution < 1.29 is 5.11 Å². The average Bonchev–Trinajstić information content (AvgIpc) is 3.38. The van der Waals surface area contributed by atoms with Gasteiger partial charge in [-0.3, -0.25) is 0 Å². The van der Waals surface area contributed by atoms with E-state index in [2.05, 4.69) is 43.0 Å². The first kappa shape index (κ1) is 18.8. The van der Waals surface area contributed by atoms with Crippen molar-refractivity contribution in [2.24, 2.45) is 5.41 Å². The average molecular weight is 416 g/mol. The Morgan fingerprint density at radius 1 is 1.16 bits per heavy atom. The highest BCUT2D eigenvalue weighted by molar-refractivity contribution is 5.81. The second-order valence-corrected chi connectivity index (χ2v) is 10.1. The largest absolute Gasteiger partial charge is 0.390 e. The van der Waals surface area contributed by atoms with Crippen LogP contribution in [-0.4, -0.2) is 43.0 Å². The molecule has 31 heavy (non-hydrogen) atoms. The molecule has 0 unspecified atom stereocenters. The third-order valence-electron chi connectivity index (χ3n) is 8.15. The van der Waals surface area contributed by atoms with Crippen LogP contribution in [0.2, 0.25) is 0 Å². The van der Waals surface area contributed by atoms with Crippen LogP contribution in [0.25, 0.3) is 21.6 Å². The molecular formula is C24H27N6O+. The van der Waals surface area contributed by atoms with E-state index >= 15 is 0 Å². The maximum absolute atomic E-state index is 10.6. The Labute approximate surface area is 181 Å². The van der Waals surface area contributed by atoms with Crippen LogP contribution >= 0.6 is 0 Å². The first-order valence-corrected chi connectivity index (χ1v) is 11.1. The third-order valence-corrected chi connectivity index (χ3v) is 8.15. The van der Waals surface area contributed by atoms with E-state index in [-0.39, 0.29) is 11.0 Å². The molecule has 7 nitrogen and oxygen atoms in total. The van der Waals surface area contributed by atoms with Gasteiger partial charge in [-0.1, -0.05) is 17.0 Å². The fourth-order valence-electron chi connectivity index (χ4n) is 5.71. The van der Waals surface area contributed by atoms with Gasteiger partial charge in [0.25, 0.3) is 6.57 Å². The van der Waals surface area contributed by atoms with Crippen molar-refractivity contribution in [3.05, 3.63) is 47.2 Å². The summed E-state index contributed by atoms with van der Waals surface area (Å²) in [6, 6.07) is 8.78. The fraction of sp³-hybridized carbons (Fsp3) is 0.500. The number of aliphatic hydroxyl groups is 1. The zero-order valence-electron chi connectivity index (χ0n) is 18.0. The Morgan fingerprint density at radius 3 is 2.58 bits per heavy atom. The van der Waals surface area contributed by atoms with Crippen LogP contribution in [0.3, 0.4) is 0 Å². The number of hydrogen-bond donors (Lipinski definition) is 1. The van der Waals surface area contributed by atoms with Gasteiger partial charge in [0.1, 0.15) is 12.1 Å². The maximum atomic E-state index is 10.6. The Morgan fingerprint density at radius 2 is 1.94 bits per heavy atom. The molecular weight excluding hydrogens is 388 g/mol. The highest BCUT2D eigenvalue weighted by Gasteiger charge is 2.62. The summed E-state index contributed by atoms with van der Waals surface area (Å²) >= 11 is 0. The molecule has 158 valence electrons. The second kappa shape index (κ2) is 6.04. The lowest BCUT2D eigenvalue weighted by Gasteiger charge is -2.45. The molecule has 7 heteroatoms. The predicted molar refractivity (Wildman–Crippen MR) is 120 cm³/mol. The summed E-state index contributed by atoms with van der Waals surface area (Å²) in [7, 11) is 0. The van der Waals surface area contributed by atoms with Gasteiger partial charge in [0.05, 0.1) is 17.3 Å². The van der Waals surface area contributed by atoms with Crippen LogP contribution < -0.4 is 4.90 Å². The van der Waals surface area contributed by atoms with E-state index in [9.17, 15) is 5.11 Å². The van der Waals surface area contributed by atoms with Crippen molar-refractivity contribution in [2.45, 2.75) is 63.1 Å². The van der Waals surface area contributed by atoms with E-state index in [1.54, 1.807) is 6.33 Å². The Bertz CT molecular complexity index is 1220. The molecule has 0 atom stereocenters. The molecule has 0 radical (unpaired) electrons. The molecule has 2 aliphatic carbocycles. The van der Waals surface area contributed by atoms with Crippen molar-refractivity contribution in [3.8, 4) is 12.4 Å². The molecule has 2 aromatic heterocycles. The molecule has 3 aromatic rings. The molecule has 4 fully saturated rings. The van der Waals surface area contributed by atoms with Crippen molar-refractivity contribution >= 4 is 16.7 Å². The van der Waals surface area contributed by atoms with Crippen LogP contribution in [0.5, 0.6) is 0 Å². The molecule has 2 saturated heterocycles. The van der Waals surface area contributed by atoms with Crippen molar-refractivity contribution in [1.29, 1.82) is 0 Å². The summed E-state index contributed by atoms with van der Waals surface area (Å²) in [6.45, 7) is 10.4. The van der Waals surface area contributed by atoms with E-state index < -0.39 is 5.60 Å². The quantitative estimate of drug-likeness (QED) is 0.700. The highest BCUT2D eigenvalue weighted by Crippen LogP contribution is 2.58. The molecule has 2 saturated carbocycles. The molecule has 4 aliphatic rings. The summed E-state index contributed by atoms with van der Waals surface area (Å²) < 4.78 is 1.87.